The number of phenolic OH excluding ortho intramolecular Hbond substituents is 2. The Morgan fingerprint density at radius 3 is 1.11 bits per heavy atom. The predicted molar refractivity (Wildman–Crippen MR) is 222 cm³/mol. The van der Waals surface area contributed by atoms with Crippen LogP contribution in [0.1, 0.15) is 22.5 Å². The Morgan fingerprint density at radius 2 is 0.772 bits per heavy atom. The van der Waals surface area contributed by atoms with Crippen molar-refractivity contribution in [2.45, 2.75) is 13.8 Å². The first-order valence-electron chi connectivity index (χ1n) is 17.8. The summed E-state index contributed by atoms with van der Waals surface area (Å²) in [7, 11) is 0. The molecule has 0 spiro atoms. The number of rotatable bonds is 8. The van der Waals surface area contributed by atoms with Crippen LogP contribution in [0.15, 0.2) is 168 Å². The number of hydrogen-bond acceptors (Lipinski definition) is 8. The van der Waals surface area contributed by atoms with Crippen LogP contribution in [0.5, 0.6) is 23.3 Å². The van der Waals surface area contributed by atoms with Gasteiger partial charge in [-0.15, -0.1) is 0 Å². The molecule has 0 unspecified atom stereocenters. The molecule has 0 saturated carbocycles. The first kappa shape index (κ1) is 39.5. The Labute approximate surface area is 340 Å². The predicted octanol–water partition coefficient (Wildman–Crippen LogP) is 10.0. The van der Waals surface area contributed by atoms with Gasteiger partial charge in [0.15, 0.2) is 0 Å². The Bertz CT molecular complexity index is 2460. The van der Waals surface area contributed by atoms with Crippen LogP contribution in [0.2, 0.25) is 0 Å². The number of aromatic hydroxyl groups is 4. The first-order chi connectivity index (χ1) is 27.3. The number of phenols is 2. The van der Waals surface area contributed by atoms with Crippen LogP contribution in [0, 0.1) is 13.8 Å². The van der Waals surface area contributed by atoms with Crippen molar-refractivity contribution < 1.29 is 37.8 Å². The van der Waals surface area contributed by atoms with Crippen molar-refractivity contribution >= 4 is 23.8 Å². The second kappa shape index (κ2) is 18.0. The van der Waals surface area contributed by atoms with Crippen LogP contribution in [0.25, 0.3) is 33.6 Å². The zero-order valence-corrected chi connectivity index (χ0v) is 32.3. The maximum atomic E-state index is 10.5. The third-order valence-electron chi connectivity index (χ3n) is 8.99. The van der Waals surface area contributed by atoms with Gasteiger partial charge in [0.2, 0.25) is 11.8 Å². The normalized spacial score (nSPS) is 11.0. The van der Waals surface area contributed by atoms with Crippen molar-refractivity contribution in [3.05, 3.63) is 180 Å². The van der Waals surface area contributed by atoms with Crippen molar-refractivity contribution in [2.75, 3.05) is 0 Å². The molecule has 4 N–H and O–H groups in total. The number of aliphatic imine (C=N–C) groups is 2. The number of hydrogen-bond donors (Lipinski definition) is 4. The molecule has 11 heteroatoms. The van der Waals surface area contributed by atoms with Gasteiger partial charge in [-0.05, 0) is 84.6 Å². The largest absolute Gasteiger partial charge is 0.506 e. The first-order valence-corrected chi connectivity index (χ1v) is 17.8. The molecule has 8 aromatic rings. The SMILES string of the molecule is Cc1nn(-c2ccccc2)c(O)c1C=Nc1ccc(-c2ccccc2)cc1O.Cc1nn(-c2ccccc2)c(O)c1C=Nc1ccc(-c2ccccc2)cc1O.[Cr]. The van der Waals surface area contributed by atoms with Gasteiger partial charge in [0.05, 0.1) is 33.9 Å². The van der Waals surface area contributed by atoms with Crippen molar-refractivity contribution in [2.24, 2.45) is 9.98 Å². The van der Waals surface area contributed by atoms with Crippen LogP contribution in [0.3, 0.4) is 0 Å². The second-order valence-electron chi connectivity index (χ2n) is 12.8. The molecule has 0 saturated heterocycles. The summed E-state index contributed by atoms with van der Waals surface area (Å²) in [5.41, 5.74) is 8.53. The molecule has 0 fully saturated rings. The van der Waals surface area contributed by atoms with Gasteiger partial charge < -0.3 is 20.4 Å². The fourth-order valence-corrected chi connectivity index (χ4v) is 6.01. The summed E-state index contributed by atoms with van der Waals surface area (Å²) in [6.07, 6.45) is 3.04. The summed E-state index contributed by atoms with van der Waals surface area (Å²) in [6.45, 7) is 3.61. The van der Waals surface area contributed by atoms with Crippen molar-refractivity contribution in [3.8, 4) is 56.9 Å². The van der Waals surface area contributed by atoms with E-state index >= 15 is 0 Å². The molecule has 6 aromatic carbocycles. The second-order valence-corrected chi connectivity index (χ2v) is 12.8. The van der Waals surface area contributed by atoms with E-state index in [0.717, 1.165) is 33.6 Å². The summed E-state index contributed by atoms with van der Waals surface area (Å²) in [6, 6.07) is 49.1. The minimum atomic E-state index is 0. The monoisotopic (exact) mass is 790 g/mol. The van der Waals surface area contributed by atoms with Crippen molar-refractivity contribution in [1.29, 1.82) is 0 Å². The van der Waals surface area contributed by atoms with E-state index in [1.165, 1.54) is 21.8 Å². The standard InChI is InChI=1S/2C23H19N3O2.Cr/c2*1-16-20(23(28)26(25-16)19-10-6-3-7-11-19)15-24-21-13-12-18(14-22(21)27)17-8-4-2-5-9-17;/h2*2-15,27-28H,1H3;. The van der Waals surface area contributed by atoms with Crippen LogP contribution < -0.4 is 0 Å². The van der Waals surface area contributed by atoms with Gasteiger partial charge in [0, 0.05) is 29.8 Å². The van der Waals surface area contributed by atoms with E-state index < -0.39 is 0 Å². The van der Waals surface area contributed by atoms with E-state index in [9.17, 15) is 20.4 Å². The van der Waals surface area contributed by atoms with E-state index in [2.05, 4.69) is 20.2 Å². The Balaban J connectivity index is 0.000000189. The number of para-hydroxylation sites is 2. The van der Waals surface area contributed by atoms with Gasteiger partial charge in [0.1, 0.15) is 22.9 Å². The van der Waals surface area contributed by atoms with E-state index in [1.54, 1.807) is 38.1 Å². The Hall–Kier alpha value is -7.19. The van der Waals surface area contributed by atoms with E-state index in [4.69, 9.17) is 0 Å². The molecule has 8 rings (SSSR count). The molecule has 10 nitrogen and oxygen atoms in total. The molecule has 0 atom stereocenters. The minimum absolute atomic E-state index is 0. The maximum absolute atomic E-state index is 10.5. The molecule has 0 aliphatic carbocycles. The average molecular weight is 791 g/mol. The number of nitrogens with zero attached hydrogens (tertiary/aromatic N) is 6. The van der Waals surface area contributed by atoms with Gasteiger partial charge in [-0.1, -0.05) is 109 Å². The molecule has 57 heavy (non-hydrogen) atoms. The summed E-state index contributed by atoms with van der Waals surface area (Å²) in [5.74, 6) is 0.163. The summed E-state index contributed by atoms with van der Waals surface area (Å²) < 4.78 is 2.93. The molecule has 2 aromatic heterocycles. The summed E-state index contributed by atoms with van der Waals surface area (Å²) in [5, 5.41) is 50.6. The molecule has 0 amide bonds. The smallest absolute Gasteiger partial charge is 0.223 e. The molecular formula is C46H38CrN6O4. The van der Waals surface area contributed by atoms with Gasteiger partial charge in [-0.25, -0.2) is 9.36 Å². The molecule has 0 bridgehead atoms. The third-order valence-corrected chi connectivity index (χ3v) is 8.99. The van der Waals surface area contributed by atoms with E-state index in [0.29, 0.717) is 33.9 Å². The average Bonchev–Trinajstić information content (AvgIpc) is 3.69. The fourth-order valence-electron chi connectivity index (χ4n) is 6.01. The summed E-state index contributed by atoms with van der Waals surface area (Å²) in [4.78, 5) is 8.70. The Kier molecular flexibility index (Phi) is 12.5. The zero-order chi connectivity index (χ0) is 39.0. The van der Waals surface area contributed by atoms with Gasteiger partial charge >= 0.3 is 0 Å². The molecule has 0 aliphatic heterocycles. The van der Waals surface area contributed by atoms with Crippen LogP contribution in [-0.4, -0.2) is 52.4 Å². The van der Waals surface area contributed by atoms with Crippen molar-refractivity contribution in [3.63, 3.8) is 0 Å². The van der Waals surface area contributed by atoms with Crippen LogP contribution in [-0.2, 0) is 17.4 Å². The Morgan fingerprint density at radius 1 is 0.439 bits per heavy atom. The number of aryl methyl sites for hydroxylation is 2. The molecular weight excluding hydrogens is 753 g/mol. The van der Waals surface area contributed by atoms with E-state index in [-0.39, 0.29) is 40.6 Å². The minimum Gasteiger partial charge on any atom is -0.506 e. The number of benzene rings is 6. The van der Waals surface area contributed by atoms with Crippen LogP contribution in [0.4, 0.5) is 11.4 Å². The van der Waals surface area contributed by atoms with Crippen molar-refractivity contribution in [1.82, 2.24) is 19.6 Å². The maximum Gasteiger partial charge on any atom is 0.223 e. The van der Waals surface area contributed by atoms with Gasteiger partial charge in [-0.3, -0.25) is 9.98 Å². The third kappa shape index (κ3) is 9.03. The fraction of sp³-hybridized carbons (Fsp3) is 0.0435. The molecule has 2 heterocycles. The van der Waals surface area contributed by atoms with Gasteiger partial charge in [-0.2, -0.15) is 10.2 Å². The van der Waals surface area contributed by atoms with Gasteiger partial charge in [0.25, 0.3) is 0 Å². The number of aromatic nitrogens is 4. The van der Waals surface area contributed by atoms with E-state index in [1.807, 2.05) is 133 Å². The zero-order valence-electron chi connectivity index (χ0n) is 31.0. The summed E-state index contributed by atoms with van der Waals surface area (Å²) >= 11 is 0. The molecule has 282 valence electrons. The molecule has 0 radical (unpaired) electrons. The molecule has 0 aliphatic rings. The van der Waals surface area contributed by atoms with Crippen LogP contribution >= 0.6 is 0 Å². The topological polar surface area (TPSA) is 141 Å². The quantitative estimate of drug-likeness (QED) is 0.113.